The topological polar surface area (TPSA) is 58.6 Å². The van der Waals surface area contributed by atoms with Crippen molar-refractivity contribution >= 4 is 5.91 Å². The molecule has 1 aliphatic heterocycles. The summed E-state index contributed by atoms with van der Waals surface area (Å²) < 4.78 is 5.28. The van der Waals surface area contributed by atoms with Crippen LogP contribution >= 0.6 is 0 Å². The van der Waals surface area contributed by atoms with Gasteiger partial charge in [0.05, 0.1) is 18.6 Å². The van der Waals surface area contributed by atoms with Gasteiger partial charge in [-0.1, -0.05) is 0 Å². The fourth-order valence-corrected chi connectivity index (χ4v) is 2.60. The third kappa shape index (κ3) is 1.77. The van der Waals surface area contributed by atoms with Gasteiger partial charge in [0.1, 0.15) is 0 Å². The standard InChI is InChI=1S/C10H17NO3/c1-14-6-2-3-7-8(4-6)11-10(13)5-9(7)12/h6-9,12H,2-5H2,1H3,(H,11,13). The van der Waals surface area contributed by atoms with Gasteiger partial charge in [-0.05, 0) is 19.3 Å². The molecule has 0 spiro atoms. The average Bonchev–Trinajstić information content (AvgIpc) is 2.16. The van der Waals surface area contributed by atoms with Gasteiger partial charge in [-0.25, -0.2) is 0 Å². The van der Waals surface area contributed by atoms with Crippen LogP contribution in [0.2, 0.25) is 0 Å². The Morgan fingerprint density at radius 3 is 3.00 bits per heavy atom. The fraction of sp³-hybridized carbons (Fsp3) is 0.900. The minimum atomic E-state index is -0.452. The van der Waals surface area contributed by atoms with Gasteiger partial charge in [-0.3, -0.25) is 4.79 Å². The Morgan fingerprint density at radius 1 is 1.50 bits per heavy atom. The van der Waals surface area contributed by atoms with Crippen LogP contribution in [0.15, 0.2) is 0 Å². The molecule has 14 heavy (non-hydrogen) atoms. The number of carbonyl (C=O) groups excluding carboxylic acids is 1. The molecule has 2 fully saturated rings. The first kappa shape index (κ1) is 9.93. The van der Waals surface area contributed by atoms with Crippen molar-refractivity contribution in [3.63, 3.8) is 0 Å². The van der Waals surface area contributed by atoms with E-state index in [0.717, 1.165) is 19.3 Å². The zero-order valence-corrected chi connectivity index (χ0v) is 8.40. The Labute approximate surface area is 83.6 Å². The highest BCUT2D eigenvalue weighted by Crippen LogP contribution is 2.32. The van der Waals surface area contributed by atoms with Crippen molar-refractivity contribution < 1.29 is 14.6 Å². The van der Waals surface area contributed by atoms with Crippen LogP contribution in [0, 0.1) is 5.92 Å². The van der Waals surface area contributed by atoms with E-state index in [1.165, 1.54) is 0 Å². The predicted molar refractivity (Wildman–Crippen MR) is 50.7 cm³/mol. The summed E-state index contributed by atoms with van der Waals surface area (Å²) in [5.41, 5.74) is 0. The van der Waals surface area contributed by atoms with Gasteiger partial charge in [0.25, 0.3) is 0 Å². The number of nitrogens with one attached hydrogen (secondary N) is 1. The number of hydrogen-bond donors (Lipinski definition) is 2. The molecule has 1 heterocycles. The van der Waals surface area contributed by atoms with Crippen molar-refractivity contribution in [2.45, 2.75) is 43.9 Å². The number of aliphatic hydroxyl groups excluding tert-OH is 1. The summed E-state index contributed by atoms with van der Waals surface area (Å²) in [6, 6.07) is 0.116. The molecule has 1 amide bonds. The molecular formula is C10H17NO3. The Bertz CT molecular complexity index is 231. The lowest BCUT2D eigenvalue weighted by atomic mass is 9.76. The summed E-state index contributed by atoms with van der Waals surface area (Å²) in [5, 5.41) is 12.7. The summed E-state index contributed by atoms with van der Waals surface area (Å²) >= 11 is 0. The summed E-state index contributed by atoms with van der Waals surface area (Å²) in [6.07, 6.45) is 2.83. The number of hydrogen-bond acceptors (Lipinski definition) is 3. The van der Waals surface area contributed by atoms with Crippen LogP contribution in [0.3, 0.4) is 0 Å². The summed E-state index contributed by atoms with van der Waals surface area (Å²) in [7, 11) is 1.70. The van der Waals surface area contributed by atoms with Crippen LogP contribution < -0.4 is 5.32 Å². The van der Waals surface area contributed by atoms with Crippen LogP contribution in [0.1, 0.15) is 25.7 Å². The third-order valence-electron chi connectivity index (χ3n) is 3.42. The van der Waals surface area contributed by atoms with Gasteiger partial charge >= 0.3 is 0 Å². The Morgan fingerprint density at radius 2 is 2.29 bits per heavy atom. The molecular weight excluding hydrogens is 182 g/mol. The Balaban J connectivity index is 2.02. The van der Waals surface area contributed by atoms with Crippen molar-refractivity contribution in [3.8, 4) is 0 Å². The van der Waals surface area contributed by atoms with Gasteiger partial charge in [-0.15, -0.1) is 0 Å². The van der Waals surface area contributed by atoms with Gasteiger partial charge in [0.15, 0.2) is 0 Å². The maximum Gasteiger partial charge on any atom is 0.222 e. The molecule has 0 radical (unpaired) electrons. The molecule has 1 aliphatic carbocycles. The lowest BCUT2D eigenvalue weighted by Crippen LogP contribution is -2.55. The highest BCUT2D eigenvalue weighted by molar-refractivity contribution is 5.77. The number of amides is 1. The number of ether oxygens (including phenoxy) is 1. The lowest BCUT2D eigenvalue weighted by molar-refractivity contribution is -0.131. The average molecular weight is 199 g/mol. The first-order chi connectivity index (χ1) is 6.70. The zero-order valence-electron chi connectivity index (χ0n) is 8.40. The second-order valence-corrected chi connectivity index (χ2v) is 4.28. The van der Waals surface area contributed by atoms with Crippen molar-refractivity contribution in [2.75, 3.05) is 7.11 Å². The van der Waals surface area contributed by atoms with E-state index in [0.29, 0.717) is 0 Å². The predicted octanol–water partition coefficient (Wildman–Crippen LogP) is 0.0509. The third-order valence-corrected chi connectivity index (χ3v) is 3.42. The van der Waals surface area contributed by atoms with Crippen LogP contribution in [-0.4, -0.2) is 36.4 Å². The van der Waals surface area contributed by atoms with E-state index in [2.05, 4.69) is 5.32 Å². The summed E-state index contributed by atoms with van der Waals surface area (Å²) in [6.45, 7) is 0. The molecule has 4 atom stereocenters. The lowest BCUT2D eigenvalue weighted by Gasteiger charge is -2.41. The minimum Gasteiger partial charge on any atom is -0.392 e. The number of aliphatic hydroxyl groups is 1. The van der Waals surface area contributed by atoms with E-state index in [1.54, 1.807) is 7.11 Å². The maximum atomic E-state index is 11.2. The quantitative estimate of drug-likeness (QED) is 0.627. The Kier molecular flexibility index (Phi) is 2.74. The molecule has 4 heteroatoms. The van der Waals surface area contributed by atoms with Crippen LogP contribution in [0.4, 0.5) is 0 Å². The second-order valence-electron chi connectivity index (χ2n) is 4.28. The molecule has 2 rings (SSSR count). The molecule has 0 aromatic carbocycles. The van der Waals surface area contributed by atoms with Crippen molar-refractivity contribution in [3.05, 3.63) is 0 Å². The molecule has 0 aromatic rings. The molecule has 2 aliphatic rings. The second kappa shape index (κ2) is 3.87. The fourth-order valence-electron chi connectivity index (χ4n) is 2.60. The van der Waals surface area contributed by atoms with Crippen LogP contribution in [0.25, 0.3) is 0 Å². The number of carbonyl (C=O) groups is 1. The maximum absolute atomic E-state index is 11.2. The van der Waals surface area contributed by atoms with Crippen LogP contribution in [0.5, 0.6) is 0 Å². The smallest absolute Gasteiger partial charge is 0.222 e. The van der Waals surface area contributed by atoms with Gasteiger partial charge in [-0.2, -0.15) is 0 Å². The molecule has 1 saturated heterocycles. The van der Waals surface area contributed by atoms with Gasteiger partial charge in [0.2, 0.25) is 5.91 Å². The minimum absolute atomic E-state index is 0.0319. The van der Waals surface area contributed by atoms with Crippen molar-refractivity contribution in [1.82, 2.24) is 5.32 Å². The van der Waals surface area contributed by atoms with E-state index in [-0.39, 0.29) is 30.4 Å². The normalized spacial score (nSPS) is 42.9. The molecule has 4 unspecified atom stereocenters. The van der Waals surface area contributed by atoms with Crippen molar-refractivity contribution in [2.24, 2.45) is 5.92 Å². The van der Waals surface area contributed by atoms with E-state index in [9.17, 15) is 9.90 Å². The molecule has 80 valence electrons. The van der Waals surface area contributed by atoms with E-state index < -0.39 is 6.10 Å². The number of piperidine rings is 1. The van der Waals surface area contributed by atoms with Gasteiger partial charge in [0, 0.05) is 19.1 Å². The highest BCUT2D eigenvalue weighted by Gasteiger charge is 2.39. The van der Waals surface area contributed by atoms with E-state index in [4.69, 9.17) is 4.74 Å². The summed E-state index contributed by atoms with van der Waals surface area (Å²) in [4.78, 5) is 11.2. The zero-order chi connectivity index (χ0) is 10.1. The Hall–Kier alpha value is -0.610. The number of methoxy groups -OCH3 is 1. The monoisotopic (exact) mass is 199 g/mol. The first-order valence-corrected chi connectivity index (χ1v) is 5.21. The largest absolute Gasteiger partial charge is 0.392 e. The van der Waals surface area contributed by atoms with Crippen molar-refractivity contribution in [1.29, 1.82) is 0 Å². The molecule has 0 bridgehead atoms. The summed E-state index contributed by atoms with van der Waals surface area (Å²) in [5.74, 6) is 0.203. The number of fused-ring (bicyclic) bond motifs is 1. The van der Waals surface area contributed by atoms with E-state index >= 15 is 0 Å². The molecule has 0 aromatic heterocycles. The van der Waals surface area contributed by atoms with Crippen LogP contribution in [-0.2, 0) is 9.53 Å². The van der Waals surface area contributed by atoms with Gasteiger partial charge < -0.3 is 15.2 Å². The number of rotatable bonds is 1. The molecule has 4 nitrogen and oxygen atoms in total. The highest BCUT2D eigenvalue weighted by atomic mass is 16.5. The molecule has 2 N–H and O–H groups in total. The molecule has 1 saturated carbocycles. The SMILES string of the molecule is COC1CCC2C(O)CC(=O)NC2C1. The first-order valence-electron chi connectivity index (χ1n) is 5.21. The van der Waals surface area contributed by atoms with E-state index in [1.807, 2.05) is 0 Å².